The van der Waals surface area contributed by atoms with Gasteiger partial charge in [0.1, 0.15) is 12.4 Å². The van der Waals surface area contributed by atoms with Crippen molar-refractivity contribution in [1.82, 2.24) is 5.32 Å². The van der Waals surface area contributed by atoms with Crippen molar-refractivity contribution in [1.29, 1.82) is 0 Å². The van der Waals surface area contributed by atoms with Crippen molar-refractivity contribution < 1.29 is 9.15 Å². The van der Waals surface area contributed by atoms with Gasteiger partial charge in [-0.25, -0.2) is 0 Å². The van der Waals surface area contributed by atoms with Crippen LogP contribution >= 0.6 is 15.9 Å². The molecule has 1 aliphatic carbocycles. The summed E-state index contributed by atoms with van der Waals surface area (Å²) in [4.78, 5) is 0. The Morgan fingerprint density at radius 1 is 1.25 bits per heavy atom. The topological polar surface area (TPSA) is 34.4 Å². The summed E-state index contributed by atoms with van der Waals surface area (Å²) in [5, 5.41) is 3.52. The smallest absolute Gasteiger partial charge is 0.129 e. The predicted octanol–water partition coefficient (Wildman–Crippen LogP) is 4.01. The van der Waals surface area contributed by atoms with Crippen LogP contribution < -0.4 is 5.32 Å². The maximum atomic E-state index is 5.65. The van der Waals surface area contributed by atoms with E-state index in [4.69, 9.17) is 9.15 Å². The highest BCUT2D eigenvalue weighted by Crippen LogP contribution is 2.22. The Labute approximate surface area is 127 Å². The van der Waals surface area contributed by atoms with Crippen LogP contribution in [0.4, 0.5) is 0 Å². The van der Waals surface area contributed by atoms with Gasteiger partial charge in [-0.05, 0) is 42.2 Å². The van der Waals surface area contributed by atoms with Crippen LogP contribution in [0.1, 0.15) is 29.7 Å². The van der Waals surface area contributed by atoms with Gasteiger partial charge in [-0.1, -0.05) is 28.1 Å². The Bertz CT molecular complexity index is 550. The number of rotatable bonds is 7. The molecule has 0 saturated heterocycles. The zero-order valence-corrected chi connectivity index (χ0v) is 12.9. The molecule has 0 bridgehead atoms. The SMILES string of the molecule is Brc1cc(CNC2CC2)ccc1COCc1ccco1. The van der Waals surface area contributed by atoms with Crippen LogP contribution in [0.2, 0.25) is 0 Å². The fraction of sp³-hybridized carbons (Fsp3) is 0.375. The molecule has 3 nitrogen and oxygen atoms in total. The number of halogens is 1. The molecule has 1 N–H and O–H groups in total. The molecule has 4 heteroatoms. The van der Waals surface area contributed by atoms with E-state index in [0.717, 1.165) is 28.4 Å². The lowest BCUT2D eigenvalue weighted by Gasteiger charge is -2.08. The number of hydrogen-bond acceptors (Lipinski definition) is 3. The van der Waals surface area contributed by atoms with Crippen molar-refractivity contribution in [3.05, 3.63) is 58.0 Å². The van der Waals surface area contributed by atoms with Gasteiger partial charge in [0.15, 0.2) is 0 Å². The Morgan fingerprint density at radius 3 is 2.85 bits per heavy atom. The van der Waals surface area contributed by atoms with Gasteiger partial charge < -0.3 is 14.5 Å². The van der Waals surface area contributed by atoms with Crippen LogP contribution in [0.5, 0.6) is 0 Å². The average Bonchev–Trinajstić information content (AvgIpc) is 3.14. The van der Waals surface area contributed by atoms with Crippen LogP contribution in [0, 0.1) is 0 Å². The Hall–Kier alpha value is -1.10. The fourth-order valence-corrected chi connectivity index (χ4v) is 2.56. The van der Waals surface area contributed by atoms with Crippen LogP contribution in [0.3, 0.4) is 0 Å². The van der Waals surface area contributed by atoms with Crippen molar-refractivity contribution >= 4 is 15.9 Å². The fourth-order valence-electron chi connectivity index (χ4n) is 2.02. The summed E-state index contributed by atoms with van der Waals surface area (Å²) in [6, 6.07) is 11.0. The first-order chi connectivity index (χ1) is 9.81. The van der Waals surface area contributed by atoms with E-state index in [1.807, 2.05) is 12.1 Å². The van der Waals surface area contributed by atoms with Crippen LogP contribution in [0.15, 0.2) is 45.5 Å². The number of benzene rings is 1. The van der Waals surface area contributed by atoms with Crippen molar-refractivity contribution in [2.75, 3.05) is 0 Å². The third kappa shape index (κ3) is 3.95. The zero-order chi connectivity index (χ0) is 13.8. The summed E-state index contributed by atoms with van der Waals surface area (Å²) in [5.74, 6) is 0.853. The standard InChI is InChI=1S/C16H18BrNO2/c17-16-8-12(9-18-14-5-6-14)3-4-13(16)10-19-11-15-2-1-7-20-15/h1-4,7-8,14,18H,5-6,9-11H2. The second-order valence-corrected chi connectivity index (χ2v) is 6.01. The highest BCUT2D eigenvalue weighted by atomic mass is 79.9. The summed E-state index contributed by atoms with van der Waals surface area (Å²) < 4.78 is 12.0. The minimum absolute atomic E-state index is 0.504. The minimum Gasteiger partial charge on any atom is -0.467 e. The molecule has 0 unspecified atom stereocenters. The van der Waals surface area contributed by atoms with Gasteiger partial charge in [-0.3, -0.25) is 0 Å². The molecule has 1 aromatic heterocycles. The van der Waals surface area contributed by atoms with E-state index in [1.54, 1.807) is 6.26 Å². The molecule has 1 fully saturated rings. The molecule has 0 aliphatic heterocycles. The van der Waals surface area contributed by atoms with E-state index in [-0.39, 0.29) is 0 Å². The van der Waals surface area contributed by atoms with Gasteiger partial charge in [-0.2, -0.15) is 0 Å². The Balaban J connectivity index is 1.50. The summed E-state index contributed by atoms with van der Waals surface area (Å²) >= 11 is 3.62. The second kappa shape index (κ2) is 6.57. The molecule has 1 heterocycles. The van der Waals surface area contributed by atoms with E-state index >= 15 is 0 Å². The van der Waals surface area contributed by atoms with Crippen LogP contribution in [-0.2, 0) is 24.5 Å². The first-order valence-corrected chi connectivity index (χ1v) is 7.71. The van der Waals surface area contributed by atoms with Gasteiger partial charge in [0.05, 0.1) is 12.9 Å². The molecule has 0 spiro atoms. The first-order valence-electron chi connectivity index (χ1n) is 6.92. The molecule has 1 aromatic carbocycles. The lowest BCUT2D eigenvalue weighted by molar-refractivity contribution is 0.0925. The van der Waals surface area contributed by atoms with Gasteiger partial charge >= 0.3 is 0 Å². The van der Waals surface area contributed by atoms with Crippen molar-refractivity contribution in [2.24, 2.45) is 0 Å². The number of nitrogens with one attached hydrogen (secondary N) is 1. The van der Waals surface area contributed by atoms with Gasteiger partial charge in [0.25, 0.3) is 0 Å². The normalized spacial score (nSPS) is 14.7. The summed E-state index contributed by atoms with van der Waals surface area (Å²) in [7, 11) is 0. The van der Waals surface area contributed by atoms with Crippen LogP contribution in [0.25, 0.3) is 0 Å². The molecule has 0 amide bonds. The third-order valence-electron chi connectivity index (χ3n) is 3.37. The Kier molecular flexibility index (Phi) is 4.55. The maximum Gasteiger partial charge on any atom is 0.129 e. The molecule has 106 valence electrons. The quantitative estimate of drug-likeness (QED) is 0.830. The van der Waals surface area contributed by atoms with Gasteiger partial charge in [0.2, 0.25) is 0 Å². The average molecular weight is 336 g/mol. The molecule has 0 atom stereocenters. The molecule has 0 radical (unpaired) electrons. The maximum absolute atomic E-state index is 5.65. The van der Waals surface area contributed by atoms with Crippen molar-refractivity contribution in [3.63, 3.8) is 0 Å². The lowest BCUT2D eigenvalue weighted by Crippen LogP contribution is -2.15. The minimum atomic E-state index is 0.504. The third-order valence-corrected chi connectivity index (χ3v) is 4.11. The lowest BCUT2D eigenvalue weighted by atomic mass is 10.1. The molecular weight excluding hydrogens is 318 g/mol. The monoisotopic (exact) mass is 335 g/mol. The van der Waals surface area contributed by atoms with Crippen LogP contribution in [-0.4, -0.2) is 6.04 Å². The second-order valence-electron chi connectivity index (χ2n) is 5.15. The van der Waals surface area contributed by atoms with Crippen molar-refractivity contribution in [2.45, 2.75) is 38.6 Å². The van der Waals surface area contributed by atoms with E-state index in [1.165, 1.54) is 18.4 Å². The number of furan rings is 1. The summed E-state index contributed by atoms with van der Waals surface area (Å²) in [6.07, 6.45) is 4.30. The van der Waals surface area contributed by atoms with E-state index in [9.17, 15) is 0 Å². The molecule has 1 saturated carbocycles. The number of ether oxygens (including phenoxy) is 1. The molecular formula is C16H18BrNO2. The zero-order valence-electron chi connectivity index (χ0n) is 11.3. The highest BCUT2D eigenvalue weighted by molar-refractivity contribution is 9.10. The first kappa shape index (κ1) is 13.9. The largest absolute Gasteiger partial charge is 0.467 e. The van der Waals surface area contributed by atoms with Gasteiger partial charge in [0, 0.05) is 17.1 Å². The molecule has 3 rings (SSSR count). The van der Waals surface area contributed by atoms with E-state index < -0.39 is 0 Å². The van der Waals surface area contributed by atoms with Crippen molar-refractivity contribution in [3.8, 4) is 0 Å². The number of hydrogen-bond donors (Lipinski definition) is 1. The summed E-state index contributed by atoms with van der Waals surface area (Å²) in [6.45, 7) is 2.03. The summed E-state index contributed by atoms with van der Waals surface area (Å²) in [5.41, 5.74) is 2.46. The highest BCUT2D eigenvalue weighted by Gasteiger charge is 2.19. The molecule has 20 heavy (non-hydrogen) atoms. The molecule has 2 aromatic rings. The van der Waals surface area contributed by atoms with E-state index in [2.05, 4.69) is 39.4 Å². The molecule has 1 aliphatic rings. The van der Waals surface area contributed by atoms with Gasteiger partial charge in [-0.15, -0.1) is 0 Å². The van der Waals surface area contributed by atoms with E-state index in [0.29, 0.717) is 13.2 Å². The Morgan fingerprint density at radius 2 is 2.15 bits per heavy atom. The predicted molar refractivity (Wildman–Crippen MR) is 81.2 cm³/mol.